The lowest BCUT2D eigenvalue weighted by atomic mass is 10.2. The van der Waals surface area contributed by atoms with Crippen molar-refractivity contribution in [1.82, 2.24) is 20.1 Å². The largest absolute Gasteiger partial charge is 0.506 e. The molecule has 6 heteroatoms. The molecule has 1 N–H and O–H groups in total. The number of aromatic hydroxyl groups is 1. The first-order valence-corrected chi connectivity index (χ1v) is 5.21. The van der Waals surface area contributed by atoms with E-state index in [1.54, 1.807) is 30.7 Å². The molecular formula is C12H8N4O2. The molecule has 0 unspecified atom stereocenters. The first-order valence-electron chi connectivity index (χ1n) is 5.21. The van der Waals surface area contributed by atoms with Crippen LogP contribution < -0.4 is 0 Å². The molecular weight excluding hydrogens is 232 g/mol. The first-order chi connectivity index (χ1) is 8.83. The molecule has 0 aliphatic heterocycles. The maximum atomic E-state index is 9.34. The number of pyridine rings is 2. The Kier molecular flexibility index (Phi) is 2.45. The molecule has 0 atom stereocenters. The van der Waals surface area contributed by atoms with Gasteiger partial charge in [0.1, 0.15) is 5.75 Å². The molecule has 0 fully saturated rings. The third-order valence-corrected chi connectivity index (χ3v) is 2.34. The molecule has 0 radical (unpaired) electrons. The minimum atomic E-state index is 0.0520. The second-order valence-electron chi connectivity index (χ2n) is 3.59. The van der Waals surface area contributed by atoms with E-state index >= 15 is 0 Å². The first kappa shape index (κ1) is 10.4. The van der Waals surface area contributed by atoms with Gasteiger partial charge in [-0.1, -0.05) is 5.16 Å². The topological polar surface area (TPSA) is 84.9 Å². The normalized spacial score (nSPS) is 10.4. The van der Waals surface area contributed by atoms with Crippen molar-refractivity contribution >= 4 is 0 Å². The van der Waals surface area contributed by atoms with Crippen LogP contribution in [0.3, 0.4) is 0 Å². The molecule has 88 valence electrons. The summed E-state index contributed by atoms with van der Waals surface area (Å²) in [5, 5.41) is 13.2. The SMILES string of the molecule is Oc1cncc(-c2nc(-c3ccncc3)no2)c1. The molecule has 0 amide bonds. The Bertz CT molecular complexity index is 667. The van der Waals surface area contributed by atoms with Crippen molar-refractivity contribution in [2.75, 3.05) is 0 Å². The number of nitrogens with zero attached hydrogens (tertiary/aromatic N) is 4. The molecule has 0 aromatic carbocycles. The smallest absolute Gasteiger partial charge is 0.259 e. The number of rotatable bonds is 2. The third-order valence-electron chi connectivity index (χ3n) is 2.34. The van der Waals surface area contributed by atoms with E-state index < -0.39 is 0 Å². The molecule has 18 heavy (non-hydrogen) atoms. The van der Waals surface area contributed by atoms with Gasteiger partial charge in [-0.3, -0.25) is 9.97 Å². The van der Waals surface area contributed by atoms with E-state index in [2.05, 4.69) is 20.1 Å². The van der Waals surface area contributed by atoms with Crippen LogP contribution in [-0.2, 0) is 0 Å². The minimum absolute atomic E-state index is 0.0520. The zero-order valence-corrected chi connectivity index (χ0v) is 9.19. The molecule has 0 aliphatic rings. The summed E-state index contributed by atoms with van der Waals surface area (Å²) in [7, 11) is 0. The van der Waals surface area contributed by atoms with Crippen molar-refractivity contribution in [3.63, 3.8) is 0 Å². The van der Waals surface area contributed by atoms with Crippen molar-refractivity contribution in [3.8, 4) is 28.6 Å². The lowest BCUT2D eigenvalue weighted by molar-refractivity contribution is 0.431. The van der Waals surface area contributed by atoms with Crippen LogP contribution in [0.25, 0.3) is 22.8 Å². The van der Waals surface area contributed by atoms with Crippen LogP contribution in [0, 0.1) is 0 Å². The van der Waals surface area contributed by atoms with Gasteiger partial charge in [-0.2, -0.15) is 4.98 Å². The summed E-state index contributed by atoms with van der Waals surface area (Å²) in [5.41, 5.74) is 1.39. The summed E-state index contributed by atoms with van der Waals surface area (Å²) in [6.07, 6.45) is 6.19. The van der Waals surface area contributed by atoms with E-state index in [1.165, 1.54) is 12.3 Å². The molecule has 0 aliphatic carbocycles. The van der Waals surface area contributed by atoms with Crippen LogP contribution >= 0.6 is 0 Å². The molecule has 3 aromatic heterocycles. The average molecular weight is 240 g/mol. The van der Waals surface area contributed by atoms with E-state index in [0.717, 1.165) is 5.56 Å². The van der Waals surface area contributed by atoms with Gasteiger partial charge in [-0.05, 0) is 18.2 Å². The van der Waals surface area contributed by atoms with Gasteiger partial charge in [0.15, 0.2) is 0 Å². The molecule has 0 spiro atoms. The summed E-state index contributed by atoms with van der Waals surface area (Å²) < 4.78 is 5.13. The molecule has 0 saturated carbocycles. The van der Waals surface area contributed by atoms with Gasteiger partial charge < -0.3 is 9.63 Å². The average Bonchev–Trinajstić information content (AvgIpc) is 2.89. The standard InChI is InChI=1S/C12H8N4O2/c17-10-5-9(6-14-7-10)12-15-11(16-18-12)8-1-3-13-4-2-8/h1-7,17H. The van der Waals surface area contributed by atoms with Gasteiger partial charge in [0.2, 0.25) is 5.82 Å². The number of hydrogen-bond donors (Lipinski definition) is 1. The fourth-order valence-corrected chi connectivity index (χ4v) is 1.50. The van der Waals surface area contributed by atoms with Gasteiger partial charge in [0.25, 0.3) is 5.89 Å². The van der Waals surface area contributed by atoms with Gasteiger partial charge in [0, 0.05) is 24.2 Å². The molecule has 0 saturated heterocycles. The van der Waals surface area contributed by atoms with E-state index in [-0.39, 0.29) is 5.75 Å². The van der Waals surface area contributed by atoms with Gasteiger partial charge in [0.05, 0.1) is 11.8 Å². The van der Waals surface area contributed by atoms with Crippen molar-refractivity contribution in [2.45, 2.75) is 0 Å². The molecule has 3 aromatic rings. The molecule has 3 rings (SSSR count). The maximum Gasteiger partial charge on any atom is 0.259 e. The summed E-state index contributed by atoms with van der Waals surface area (Å²) in [4.78, 5) is 12.0. The van der Waals surface area contributed by atoms with Crippen molar-refractivity contribution in [3.05, 3.63) is 43.0 Å². The van der Waals surface area contributed by atoms with Crippen LogP contribution in [0.1, 0.15) is 0 Å². The van der Waals surface area contributed by atoms with Gasteiger partial charge in [-0.25, -0.2) is 0 Å². The Morgan fingerprint density at radius 3 is 2.61 bits per heavy atom. The van der Waals surface area contributed by atoms with Crippen LogP contribution in [0.15, 0.2) is 47.5 Å². The Labute approximate surface area is 102 Å². The van der Waals surface area contributed by atoms with Crippen molar-refractivity contribution in [1.29, 1.82) is 0 Å². The lowest BCUT2D eigenvalue weighted by Gasteiger charge is -1.93. The quantitative estimate of drug-likeness (QED) is 0.736. The highest BCUT2D eigenvalue weighted by molar-refractivity contribution is 5.59. The Hall–Kier alpha value is -2.76. The van der Waals surface area contributed by atoms with Gasteiger partial charge >= 0.3 is 0 Å². The minimum Gasteiger partial charge on any atom is -0.506 e. The highest BCUT2D eigenvalue weighted by Gasteiger charge is 2.10. The molecule has 6 nitrogen and oxygen atoms in total. The summed E-state index contributed by atoms with van der Waals surface area (Å²) >= 11 is 0. The number of hydrogen-bond acceptors (Lipinski definition) is 6. The predicted octanol–water partition coefficient (Wildman–Crippen LogP) is 1.90. The summed E-state index contributed by atoms with van der Waals surface area (Å²) in [6.45, 7) is 0. The van der Waals surface area contributed by atoms with Crippen molar-refractivity contribution < 1.29 is 9.63 Å². The monoisotopic (exact) mass is 240 g/mol. The predicted molar refractivity (Wildman–Crippen MR) is 62.4 cm³/mol. The fraction of sp³-hybridized carbons (Fsp3) is 0. The van der Waals surface area contributed by atoms with E-state index in [0.29, 0.717) is 17.3 Å². The summed E-state index contributed by atoms with van der Waals surface area (Å²) in [5.74, 6) is 0.831. The van der Waals surface area contributed by atoms with E-state index in [9.17, 15) is 5.11 Å². The highest BCUT2D eigenvalue weighted by Crippen LogP contribution is 2.23. The Balaban J connectivity index is 2.00. The maximum absolute atomic E-state index is 9.34. The zero-order chi connectivity index (χ0) is 12.4. The van der Waals surface area contributed by atoms with Crippen LogP contribution in [0.5, 0.6) is 5.75 Å². The lowest BCUT2D eigenvalue weighted by Crippen LogP contribution is -1.82. The molecule has 3 heterocycles. The van der Waals surface area contributed by atoms with Crippen molar-refractivity contribution in [2.24, 2.45) is 0 Å². The van der Waals surface area contributed by atoms with Crippen LogP contribution in [-0.4, -0.2) is 25.2 Å². The third kappa shape index (κ3) is 1.91. The summed E-state index contributed by atoms with van der Waals surface area (Å²) in [6, 6.07) is 5.08. The van der Waals surface area contributed by atoms with Crippen LogP contribution in [0.4, 0.5) is 0 Å². The second kappa shape index (κ2) is 4.25. The Morgan fingerprint density at radius 1 is 1.00 bits per heavy atom. The fourth-order valence-electron chi connectivity index (χ4n) is 1.50. The number of aromatic nitrogens is 4. The van der Waals surface area contributed by atoms with Crippen LogP contribution in [0.2, 0.25) is 0 Å². The van der Waals surface area contributed by atoms with E-state index in [1.807, 2.05) is 0 Å². The van der Waals surface area contributed by atoms with Gasteiger partial charge in [-0.15, -0.1) is 0 Å². The highest BCUT2D eigenvalue weighted by atomic mass is 16.5. The molecule has 0 bridgehead atoms. The second-order valence-corrected chi connectivity index (χ2v) is 3.59. The zero-order valence-electron chi connectivity index (χ0n) is 9.19. The van der Waals surface area contributed by atoms with E-state index in [4.69, 9.17) is 4.52 Å². The Morgan fingerprint density at radius 2 is 1.83 bits per heavy atom.